The summed E-state index contributed by atoms with van der Waals surface area (Å²) in [5, 5.41) is 21.0. The Balaban J connectivity index is 1.59. The Morgan fingerprint density at radius 2 is 2.04 bits per heavy atom. The predicted octanol–water partition coefficient (Wildman–Crippen LogP) is 2.19. The molecular formula is C22H30O5. The fourth-order valence-corrected chi connectivity index (χ4v) is 8.07. The molecule has 5 rings (SSSR count). The van der Waals surface area contributed by atoms with Crippen LogP contribution in [0.5, 0.6) is 0 Å². The summed E-state index contributed by atoms with van der Waals surface area (Å²) in [6.45, 7) is 5.64. The lowest BCUT2D eigenvalue weighted by atomic mass is 9.46. The van der Waals surface area contributed by atoms with E-state index in [9.17, 15) is 19.8 Å². The van der Waals surface area contributed by atoms with E-state index in [1.165, 1.54) is 5.57 Å². The minimum absolute atomic E-state index is 0.0222. The van der Waals surface area contributed by atoms with Crippen LogP contribution in [0.4, 0.5) is 0 Å². The second-order valence-corrected chi connectivity index (χ2v) is 10.2. The maximum absolute atomic E-state index is 12.6. The second kappa shape index (κ2) is 5.11. The van der Waals surface area contributed by atoms with Crippen molar-refractivity contribution in [3.05, 3.63) is 11.6 Å². The summed E-state index contributed by atoms with van der Waals surface area (Å²) in [5.41, 5.74) is -1.15. The molecule has 5 aliphatic rings. The third kappa shape index (κ3) is 1.78. The molecule has 4 aliphatic carbocycles. The fraction of sp³-hybridized carbons (Fsp3) is 0.818. The molecule has 0 aromatic rings. The molecule has 2 N–H and O–H groups in total. The summed E-state index contributed by atoms with van der Waals surface area (Å²) < 4.78 is 6.48. The molecule has 3 saturated carbocycles. The summed E-state index contributed by atoms with van der Waals surface area (Å²) in [5.74, 6) is 0.105. The van der Waals surface area contributed by atoms with Crippen LogP contribution in [0.3, 0.4) is 0 Å². The molecule has 0 bridgehead atoms. The number of epoxide rings is 1. The fourth-order valence-electron chi connectivity index (χ4n) is 8.07. The summed E-state index contributed by atoms with van der Waals surface area (Å²) in [4.78, 5) is 24.6. The van der Waals surface area contributed by atoms with Gasteiger partial charge in [-0.1, -0.05) is 26.3 Å². The van der Waals surface area contributed by atoms with Crippen LogP contribution < -0.4 is 0 Å². The van der Waals surface area contributed by atoms with E-state index in [1.54, 1.807) is 0 Å². The van der Waals surface area contributed by atoms with Crippen molar-refractivity contribution < 1.29 is 24.5 Å². The minimum Gasteiger partial charge on any atom is -0.388 e. The molecule has 8 atom stereocenters. The van der Waals surface area contributed by atoms with Crippen molar-refractivity contribution in [1.29, 1.82) is 0 Å². The van der Waals surface area contributed by atoms with Crippen LogP contribution in [0.25, 0.3) is 0 Å². The summed E-state index contributed by atoms with van der Waals surface area (Å²) in [7, 11) is 0. The van der Waals surface area contributed by atoms with Gasteiger partial charge in [0.05, 0.1) is 6.10 Å². The van der Waals surface area contributed by atoms with Gasteiger partial charge >= 0.3 is 0 Å². The quantitative estimate of drug-likeness (QED) is 0.724. The SMILES string of the molecule is C[C@H]1C[C@H]2[C@@H]3CCC4=CC(=O)CC[C@]4(C)C34OC4C[C@]2(C)[C@@]1(O)C(=O)CO. The van der Waals surface area contributed by atoms with Gasteiger partial charge in [0.1, 0.15) is 17.8 Å². The van der Waals surface area contributed by atoms with Crippen LogP contribution in [-0.2, 0) is 14.3 Å². The van der Waals surface area contributed by atoms with Crippen molar-refractivity contribution in [2.75, 3.05) is 6.61 Å². The van der Waals surface area contributed by atoms with Crippen LogP contribution in [0.15, 0.2) is 11.6 Å². The Kier molecular flexibility index (Phi) is 3.41. The first kappa shape index (κ1) is 18.0. The minimum atomic E-state index is -1.48. The van der Waals surface area contributed by atoms with E-state index in [0.717, 1.165) is 25.7 Å². The summed E-state index contributed by atoms with van der Waals surface area (Å²) in [6.07, 6.45) is 6.59. The Morgan fingerprint density at radius 3 is 2.74 bits per heavy atom. The highest BCUT2D eigenvalue weighted by Crippen LogP contribution is 2.76. The first-order chi connectivity index (χ1) is 12.6. The Hall–Kier alpha value is -1.04. The zero-order chi connectivity index (χ0) is 19.4. The molecule has 1 saturated heterocycles. The van der Waals surface area contributed by atoms with Gasteiger partial charge in [0, 0.05) is 17.3 Å². The first-order valence-electron chi connectivity index (χ1n) is 10.4. The van der Waals surface area contributed by atoms with Gasteiger partial charge in [-0.25, -0.2) is 0 Å². The lowest BCUT2D eigenvalue weighted by Gasteiger charge is -2.56. The summed E-state index contributed by atoms with van der Waals surface area (Å²) in [6, 6.07) is 0. The van der Waals surface area contributed by atoms with Crippen molar-refractivity contribution in [1.82, 2.24) is 0 Å². The predicted molar refractivity (Wildman–Crippen MR) is 97.8 cm³/mol. The smallest absolute Gasteiger partial charge is 0.190 e. The van der Waals surface area contributed by atoms with E-state index < -0.39 is 23.4 Å². The van der Waals surface area contributed by atoms with Crippen molar-refractivity contribution >= 4 is 11.6 Å². The zero-order valence-corrected chi connectivity index (χ0v) is 16.5. The molecule has 5 nitrogen and oxygen atoms in total. The number of hydrogen-bond donors (Lipinski definition) is 2. The highest BCUT2D eigenvalue weighted by molar-refractivity contribution is 5.92. The van der Waals surface area contributed by atoms with Gasteiger partial charge in [-0.15, -0.1) is 0 Å². The number of aliphatic hydroxyl groups excluding tert-OH is 1. The van der Waals surface area contributed by atoms with E-state index in [0.29, 0.717) is 18.8 Å². The number of carbonyl (C=O) groups excluding carboxylic acids is 2. The molecule has 2 unspecified atom stereocenters. The van der Waals surface area contributed by atoms with Crippen molar-refractivity contribution in [3.63, 3.8) is 0 Å². The van der Waals surface area contributed by atoms with E-state index in [-0.39, 0.29) is 34.7 Å². The van der Waals surface area contributed by atoms with E-state index >= 15 is 0 Å². The maximum atomic E-state index is 12.6. The molecular weight excluding hydrogens is 344 g/mol. The number of fused-ring (bicyclic) bond motifs is 3. The molecule has 5 heteroatoms. The van der Waals surface area contributed by atoms with Gasteiger partial charge in [-0.2, -0.15) is 0 Å². The highest BCUT2D eigenvalue weighted by atomic mass is 16.6. The Morgan fingerprint density at radius 1 is 1.30 bits per heavy atom. The lowest BCUT2D eigenvalue weighted by Crippen LogP contribution is -2.62. The van der Waals surface area contributed by atoms with Crippen molar-refractivity contribution in [2.24, 2.45) is 28.6 Å². The average Bonchev–Trinajstić information content (AvgIpc) is 3.31. The molecule has 27 heavy (non-hydrogen) atoms. The number of hydrogen-bond acceptors (Lipinski definition) is 5. The average molecular weight is 374 g/mol. The highest BCUT2D eigenvalue weighted by Gasteiger charge is 2.82. The molecule has 1 heterocycles. The Bertz CT molecular complexity index is 773. The normalized spacial score (nSPS) is 55.7. The van der Waals surface area contributed by atoms with E-state index in [1.807, 2.05) is 19.9 Å². The van der Waals surface area contributed by atoms with Crippen LogP contribution in [0, 0.1) is 28.6 Å². The number of aliphatic hydroxyl groups is 2. The molecule has 4 fully saturated rings. The third-order valence-corrected chi connectivity index (χ3v) is 9.49. The molecule has 0 aromatic heterocycles. The van der Waals surface area contributed by atoms with E-state index in [4.69, 9.17) is 4.74 Å². The maximum Gasteiger partial charge on any atom is 0.190 e. The van der Waals surface area contributed by atoms with Crippen molar-refractivity contribution in [2.45, 2.75) is 76.6 Å². The third-order valence-electron chi connectivity index (χ3n) is 9.49. The van der Waals surface area contributed by atoms with Gasteiger partial charge in [-0.3, -0.25) is 9.59 Å². The number of carbonyl (C=O) groups is 2. The summed E-state index contributed by atoms with van der Waals surface area (Å²) >= 11 is 0. The van der Waals surface area contributed by atoms with Gasteiger partial charge in [0.2, 0.25) is 0 Å². The van der Waals surface area contributed by atoms with Crippen LogP contribution >= 0.6 is 0 Å². The molecule has 148 valence electrons. The van der Waals surface area contributed by atoms with Crippen LogP contribution in [0.1, 0.15) is 59.3 Å². The largest absolute Gasteiger partial charge is 0.388 e. The standard InChI is InChI=1S/C22H30O5/c1-12-8-16-15-5-4-13-9-14(24)6-7-19(13,2)22(15)18(27-22)10-20(16,3)21(12,26)17(25)11-23/h9,12,15-16,18,23,26H,4-8,10-11H2,1-3H3/t12-,15-,16-,18?,19-,20-,21-,22?/m0/s1. The number of ether oxygens (including phenoxy) is 1. The topological polar surface area (TPSA) is 87.1 Å². The van der Waals surface area contributed by atoms with E-state index in [2.05, 4.69) is 6.92 Å². The molecule has 1 aliphatic heterocycles. The lowest BCUT2D eigenvalue weighted by molar-refractivity contribution is -0.166. The second-order valence-electron chi connectivity index (χ2n) is 10.2. The molecule has 1 spiro atoms. The zero-order valence-electron chi connectivity index (χ0n) is 16.5. The van der Waals surface area contributed by atoms with Gasteiger partial charge in [-0.05, 0) is 55.9 Å². The number of Topliss-reactive ketones (excluding diaryl/α,β-unsaturated/α-hetero) is 1. The van der Waals surface area contributed by atoms with Gasteiger partial charge in [0.15, 0.2) is 11.6 Å². The van der Waals surface area contributed by atoms with Crippen LogP contribution in [-0.4, -0.2) is 45.7 Å². The molecule has 0 amide bonds. The number of ketones is 2. The monoisotopic (exact) mass is 374 g/mol. The van der Waals surface area contributed by atoms with Gasteiger partial charge in [0.25, 0.3) is 0 Å². The molecule has 0 aromatic carbocycles. The van der Waals surface area contributed by atoms with Crippen LogP contribution in [0.2, 0.25) is 0 Å². The van der Waals surface area contributed by atoms with Crippen molar-refractivity contribution in [3.8, 4) is 0 Å². The molecule has 0 radical (unpaired) electrons. The first-order valence-corrected chi connectivity index (χ1v) is 10.4. The number of rotatable bonds is 2. The van der Waals surface area contributed by atoms with Gasteiger partial charge < -0.3 is 14.9 Å². The Labute approximate surface area is 160 Å².